The molecule has 0 unspecified atom stereocenters. The summed E-state index contributed by atoms with van der Waals surface area (Å²) in [4.78, 5) is 32.9. The molecular weight excluding hydrogens is 389 g/mol. The van der Waals surface area contributed by atoms with Crippen LogP contribution in [-0.2, 0) is 4.74 Å². The van der Waals surface area contributed by atoms with Gasteiger partial charge in [0.2, 0.25) is 5.43 Å². The number of likely N-dealkylation sites (tertiary alicyclic amines) is 1. The van der Waals surface area contributed by atoms with Crippen LogP contribution in [0.25, 0.3) is 10.9 Å². The summed E-state index contributed by atoms with van der Waals surface area (Å²) in [5.74, 6) is -0.289. The molecule has 1 aromatic carbocycles. The smallest absolute Gasteiger partial charge is 0.259 e. The van der Waals surface area contributed by atoms with Crippen molar-refractivity contribution < 1.29 is 19.0 Å². The number of halogens is 1. The fourth-order valence-electron chi connectivity index (χ4n) is 5.39. The average Bonchev–Trinajstić information content (AvgIpc) is 3.17. The largest absolute Gasteiger partial charge is 0.391 e. The molecule has 1 aromatic heterocycles. The van der Waals surface area contributed by atoms with Crippen LogP contribution in [0.2, 0.25) is 0 Å². The Morgan fingerprint density at radius 1 is 1.17 bits per heavy atom. The zero-order chi connectivity index (χ0) is 20.8. The van der Waals surface area contributed by atoms with Gasteiger partial charge in [-0.3, -0.25) is 14.5 Å². The monoisotopic (exact) mass is 415 g/mol. The number of rotatable bonds is 2. The number of H-pyrrole nitrogens is 1. The second kappa shape index (κ2) is 7.76. The van der Waals surface area contributed by atoms with Gasteiger partial charge in [0.05, 0.1) is 19.3 Å². The summed E-state index contributed by atoms with van der Waals surface area (Å²) in [5, 5.41) is 10.9. The highest BCUT2D eigenvalue weighted by atomic mass is 19.1. The number of hydrogen-bond donors (Lipinski definition) is 2. The number of amides is 1. The summed E-state index contributed by atoms with van der Waals surface area (Å²) < 4.78 is 19.0. The normalized spacial score (nSPS) is 29.9. The number of pyridine rings is 1. The van der Waals surface area contributed by atoms with Crippen molar-refractivity contribution >= 4 is 16.8 Å². The lowest BCUT2D eigenvalue weighted by molar-refractivity contribution is -0.0520. The number of aromatic nitrogens is 1. The van der Waals surface area contributed by atoms with Gasteiger partial charge in [-0.15, -0.1) is 0 Å². The van der Waals surface area contributed by atoms with E-state index in [1.54, 1.807) is 4.90 Å². The number of aliphatic hydroxyl groups excluding tert-OH is 1. The van der Waals surface area contributed by atoms with Crippen molar-refractivity contribution in [3.8, 4) is 0 Å². The van der Waals surface area contributed by atoms with E-state index in [0.29, 0.717) is 44.2 Å². The first kappa shape index (κ1) is 19.7. The van der Waals surface area contributed by atoms with Crippen molar-refractivity contribution in [2.45, 2.75) is 25.0 Å². The van der Waals surface area contributed by atoms with E-state index in [1.165, 1.54) is 18.3 Å². The van der Waals surface area contributed by atoms with Crippen LogP contribution in [0.5, 0.6) is 0 Å². The van der Waals surface area contributed by atoms with Gasteiger partial charge in [0.25, 0.3) is 5.91 Å². The van der Waals surface area contributed by atoms with Gasteiger partial charge in [0.15, 0.2) is 0 Å². The first-order valence-corrected chi connectivity index (χ1v) is 10.6. The van der Waals surface area contributed by atoms with E-state index in [9.17, 15) is 19.1 Å². The van der Waals surface area contributed by atoms with Crippen molar-refractivity contribution in [3.63, 3.8) is 0 Å². The number of ether oxygens (including phenoxy) is 1. The molecule has 4 atom stereocenters. The van der Waals surface area contributed by atoms with Gasteiger partial charge >= 0.3 is 0 Å². The predicted molar refractivity (Wildman–Crippen MR) is 109 cm³/mol. The Balaban J connectivity index is 1.34. The zero-order valence-corrected chi connectivity index (χ0v) is 16.7. The Hall–Kier alpha value is -2.29. The van der Waals surface area contributed by atoms with Crippen molar-refractivity contribution in [1.82, 2.24) is 14.8 Å². The maximum absolute atomic E-state index is 13.6. The Morgan fingerprint density at radius 3 is 2.67 bits per heavy atom. The summed E-state index contributed by atoms with van der Waals surface area (Å²) in [6.45, 7) is 4.14. The summed E-state index contributed by atoms with van der Waals surface area (Å²) in [6, 6.07) is 4.04. The molecule has 3 fully saturated rings. The van der Waals surface area contributed by atoms with Crippen molar-refractivity contribution in [1.29, 1.82) is 0 Å². The number of nitrogens with zero attached hydrogens (tertiary/aromatic N) is 2. The van der Waals surface area contributed by atoms with E-state index in [2.05, 4.69) is 9.88 Å². The molecule has 3 heterocycles. The maximum Gasteiger partial charge on any atom is 0.259 e. The molecular formula is C22H26FN3O4. The number of benzene rings is 1. The van der Waals surface area contributed by atoms with E-state index in [0.717, 1.165) is 25.6 Å². The van der Waals surface area contributed by atoms with Crippen LogP contribution in [0.4, 0.5) is 4.39 Å². The minimum Gasteiger partial charge on any atom is -0.391 e. The molecule has 3 aliphatic rings. The van der Waals surface area contributed by atoms with E-state index in [-0.39, 0.29) is 28.8 Å². The highest BCUT2D eigenvalue weighted by Crippen LogP contribution is 2.38. The average molecular weight is 415 g/mol. The lowest BCUT2D eigenvalue weighted by Crippen LogP contribution is -2.53. The Morgan fingerprint density at radius 2 is 1.90 bits per heavy atom. The molecule has 1 saturated carbocycles. The Bertz CT molecular complexity index is 1020. The molecule has 0 radical (unpaired) electrons. The standard InChI is InChI=1S/C22H26FN3O4/c23-15-1-2-18-16(9-15)21(28)17(10-24-18)22(29)26-11-13-7-19(20(27)8-14(13)12-26)25-3-5-30-6-4-25/h1-2,9-10,13-14,19-20,27H,3-8,11-12H2,(H,24,28)/t13-,14+,19-,20-/m1/s1. The second-order valence-electron chi connectivity index (χ2n) is 8.71. The molecule has 8 heteroatoms. The topological polar surface area (TPSA) is 85.9 Å². The van der Waals surface area contributed by atoms with E-state index < -0.39 is 17.3 Å². The van der Waals surface area contributed by atoms with Crippen LogP contribution in [-0.4, -0.2) is 77.3 Å². The molecule has 0 bridgehead atoms. The molecule has 160 valence electrons. The van der Waals surface area contributed by atoms with Gasteiger partial charge in [0.1, 0.15) is 11.4 Å². The molecule has 0 spiro atoms. The first-order valence-electron chi connectivity index (χ1n) is 10.6. The predicted octanol–water partition coefficient (Wildman–Crippen LogP) is 1.21. The van der Waals surface area contributed by atoms with Gasteiger partial charge < -0.3 is 19.7 Å². The van der Waals surface area contributed by atoms with Gasteiger partial charge in [-0.2, -0.15) is 0 Å². The molecule has 5 rings (SSSR count). The number of morpholine rings is 1. The highest BCUT2D eigenvalue weighted by molar-refractivity contribution is 5.97. The third-order valence-electron chi connectivity index (χ3n) is 6.98. The van der Waals surface area contributed by atoms with Gasteiger partial charge in [-0.25, -0.2) is 4.39 Å². The number of hydrogen-bond acceptors (Lipinski definition) is 5. The van der Waals surface area contributed by atoms with E-state index in [1.807, 2.05) is 0 Å². The molecule has 2 aliphatic heterocycles. The van der Waals surface area contributed by atoms with Crippen LogP contribution in [0.1, 0.15) is 23.2 Å². The maximum atomic E-state index is 13.6. The Kier molecular flexibility index (Phi) is 5.08. The fraction of sp³-hybridized carbons (Fsp3) is 0.545. The van der Waals surface area contributed by atoms with E-state index in [4.69, 9.17) is 4.74 Å². The second-order valence-corrected chi connectivity index (χ2v) is 8.71. The number of fused-ring (bicyclic) bond motifs is 2. The number of carbonyl (C=O) groups excluding carboxylic acids is 1. The molecule has 1 aliphatic carbocycles. The van der Waals surface area contributed by atoms with Crippen LogP contribution in [0.15, 0.2) is 29.2 Å². The third kappa shape index (κ3) is 3.42. The quantitative estimate of drug-likeness (QED) is 0.770. The highest BCUT2D eigenvalue weighted by Gasteiger charge is 2.45. The minimum absolute atomic E-state index is 0.0389. The fourth-order valence-corrected chi connectivity index (χ4v) is 5.39. The zero-order valence-electron chi connectivity index (χ0n) is 16.7. The SMILES string of the molecule is O=C(c1c[nH]c2ccc(F)cc2c1=O)N1C[C@H]2C[C@@H](N3CCOCC3)[C@H](O)C[C@H]2C1. The summed E-state index contributed by atoms with van der Waals surface area (Å²) >= 11 is 0. The summed E-state index contributed by atoms with van der Waals surface area (Å²) in [6.07, 6.45) is 2.52. The number of aromatic amines is 1. The van der Waals surface area contributed by atoms with Gasteiger partial charge in [0, 0.05) is 49.3 Å². The Labute approximate surface area is 173 Å². The third-order valence-corrected chi connectivity index (χ3v) is 6.98. The molecule has 1 amide bonds. The van der Waals surface area contributed by atoms with Crippen LogP contribution >= 0.6 is 0 Å². The van der Waals surface area contributed by atoms with Crippen molar-refractivity contribution in [3.05, 3.63) is 46.0 Å². The van der Waals surface area contributed by atoms with Crippen LogP contribution in [0, 0.1) is 17.7 Å². The van der Waals surface area contributed by atoms with Crippen LogP contribution < -0.4 is 5.43 Å². The lowest BCUT2D eigenvalue weighted by atomic mass is 9.77. The molecule has 2 N–H and O–H groups in total. The summed E-state index contributed by atoms with van der Waals surface area (Å²) in [5.41, 5.74) is 0.0934. The van der Waals surface area contributed by atoms with Crippen molar-refractivity contribution in [2.75, 3.05) is 39.4 Å². The number of nitrogens with one attached hydrogen (secondary N) is 1. The summed E-state index contributed by atoms with van der Waals surface area (Å²) in [7, 11) is 0. The van der Waals surface area contributed by atoms with Gasteiger partial charge in [-0.1, -0.05) is 0 Å². The van der Waals surface area contributed by atoms with Crippen LogP contribution in [0.3, 0.4) is 0 Å². The first-order chi connectivity index (χ1) is 14.5. The number of carbonyl (C=O) groups is 1. The molecule has 2 saturated heterocycles. The molecule has 30 heavy (non-hydrogen) atoms. The minimum atomic E-state index is -0.507. The lowest BCUT2D eigenvalue weighted by Gasteiger charge is -2.43. The van der Waals surface area contributed by atoms with Gasteiger partial charge in [-0.05, 0) is 42.9 Å². The number of aliphatic hydroxyl groups is 1. The van der Waals surface area contributed by atoms with E-state index >= 15 is 0 Å². The van der Waals surface area contributed by atoms with Crippen molar-refractivity contribution in [2.24, 2.45) is 11.8 Å². The molecule has 2 aromatic rings. The molecule has 7 nitrogen and oxygen atoms in total.